The van der Waals surface area contributed by atoms with Crippen molar-refractivity contribution in [3.63, 3.8) is 0 Å². The number of amides is 1. The number of nitrogens with one attached hydrogen (secondary N) is 1. The van der Waals surface area contributed by atoms with E-state index in [9.17, 15) is 14.9 Å². The molecule has 7 heteroatoms. The second kappa shape index (κ2) is 9.70. The predicted octanol–water partition coefficient (Wildman–Crippen LogP) is 7.30. The van der Waals surface area contributed by atoms with Gasteiger partial charge in [-0.3, -0.25) is 20.2 Å². The zero-order chi connectivity index (χ0) is 24.2. The van der Waals surface area contributed by atoms with Gasteiger partial charge in [0.05, 0.1) is 15.5 Å². The van der Waals surface area contributed by atoms with Gasteiger partial charge in [0, 0.05) is 23.3 Å². The molecular formula is C28H19N3O3S. The Hall–Kier alpha value is -4.62. The third-order valence-electron chi connectivity index (χ3n) is 5.49. The largest absolute Gasteiger partial charge is 0.298 e. The average Bonchev–Trinajstić information content (AvgIpc) is 3.33. The lowest BCUT2D eigenvalue weighted by atomic mass is 10.0. The lowest BCUT2D eigenvalue weighted by molar-refractivity contribution is -0.384. The lowest BCUT2D eigenvalue weighted by Crippen LogP contribution is -2.11. The molecule has 0 atom stereocenters. The van der Waals surface area contributed by atoms with Crippen LogP contribution in [0.15, 0.2) is 109 Å². The highest BCUT2D eigenvalue weighted by Crippen LogP contribution is 2.39. The van der Waals surface area contributed by atoms with Crippen LogP contribution in [0.1, 0.15) is 10.4 Å². The summed E-state index contributed by atoms with van der Waals surface area (Å²) in [5.74, 6) is -0.376. The summed E-state index contributed by atoms with van der Waals surface area (Å²) in [6.45, 7) is 0. The maximum atomic E-state index is 12.8. The Kier molecular flexibility index (Phi) is 6.15. The topological polar surface area (TPSA) is 85.1 Å². The van der Waals surface area contributed by atoms with E-state index in [1.165, 1.54) is 35.6 Å². The summed E-state index contributed by atoms with van der Waals surface area (Å²) in [5.41, 5.74) is 5.24. The molecular weight excluding hydrogens is 458 g/mol. The SMILES string of the molecule is O=C(Nc1nc(-c2ccccc2)c(-c2ccc(-c3ccccc3)cc2)s1)c1ccc([N+](=O)[O-])cc1. The maximum absolute atomic E-state index is 12.8. The van der Waals surface area contributed by atoms with Gasteiger partial charge in [0.15, 0.2) is 5.13 Å². The zero-order valence-electron chi connectivity index (χ0n) is 18.4. The van der Waals surface area contributed by atoms with Crippen LogP contribution in [-0.2, 0) is 0 Å². The van der Waals surface area contributed by atoms with E-state index < -0.39 is 4.92 Å². The fourth-order valence-electron chi connectivity index (χ4n) is 3.71. The van der Waals surface area contributed by atoms with E-state index in [1.54, 1.807) is 0 Å². The van der Waals surface area contributed by atoms with Crippen molar-refractivity contribution in [2.45, 2.75) is 0 Å². The minimum Gasteiger partial charge on any atom is -0.298 e. The standard InChI is InChI=1S/C28H19N3O3S/c32-27(23-15-17-24(18-16-23)31(33)34)30-28-29-25(21-9-5-2-6-10-21)26(35-28)22-13-11-20(12-14-22)19-7-3-1-4-8-19/h1-18H,(H,29,30,32). The molecule has 1 aromatic heterocycles. The van der Waals surface area contributed by atoms with E-state index in [-0.39, 0.29) is 11.6 Å². The Morgan fingerprint density at radius 1 is 0.714 bits per heavy atom. The van der Waals surface area contributed by atoms with Gasteiger partial charge in [0.25, 0.3) is 11.6 Å². The van der Waals surface area contributed by atoms with Gasteiger partial charge in [-0.1, -0.05) is 96.3 Å². The summed E-state index contributed by atoms with van der Waals surface area (Å²) in [5, 5.41) is 14.2. The summed E-state index contributed by atoms with van der Waals surface area (Å²) in [4.78, 5) is 28.8. The molecule has 0 radical (unpaired) electrons. The van der Waals surface area contributed by atoms with Gasteiger partial charge in [0.2, 0.25) is 0 Å². The average molecular weight is 478 g/mol. The molecule has 5 aromatic rings. The quantitative estimate of drug-likeness (QED) is 0.205. The Morgan fingerprint density at radius 3 is 1.86 bits per heavy atom. The molecule has 1 N–H and O–H groups in total. The molecule has 0 bridgehead atoms. The van der Waals surface area contributed by atoms with Gasteiger partial charge in [0.1, 0.15) is 0 Å². The molecule has 6 nitrogen and oxygen atoms in total. The lowest BCUT2D eigenvalue weighted by Gasteiger charge is -2.05. The Morgan fingerprint density at radius 2 is 1.26 bits per heavy atom. The smallest absolute Gasteiger partial charge is 0.269 e. The molecule has 5 rings (SSSR count). The number of benzene rings is 4. The number of nitrogens with zero attached hydrogens (tertiary/aromatic N) is 2. The highest BCUT2D eigenvalue weighted by molar-refractivity contribution is 7.19. The first-order valence-electron chi connectivity index (χ1n) is 10.9. The van der Waals surface area contributed by atoms with Crippen molar-refractivity contribution in [3.8, 4) is 32.8 Å². The number of nitro groups is 1. The molecule has 0 aliphatic heterocycles. The number of non-ortho nitro benzene ring substituents is 1. The number of nitro benzene ring substituents is 1. The number of hydrogen-bond donors (Lipinski definition) is 1. The molecule has 1 amide bonds. The highest BCUT2D eigenvalue weighted by Gasteiger charge is 2.18. The molecule has 0 saturated heterocycles. The molecule has 0 fully saturated rings. The molecule has 170 valence electrons. The van der Waals surface area contributed by atoms with Crippen molar-refractivity contribution in [1.29, 1.82) is 0 Å². The summed E-state index contributed by atoms with van der Waals surface area (Å²) in [6, 6.07) is 33.7. The summed E-state index contributed by atoms with van der Waals surface area (Å²) >= 11 is 1.39. The van der Waals surface area contributed by atoms with Crippen LogP contribution >= 0.6 is 11.3 Å². The molecule has 0 spiro atoms. The van der Waals surface area contributed by atoms with Gasteiger partial charge in [-0.25, -0.2) is 4.98 Å². The van der Waals surface area contributed by atoms with Crippen LogP contribution in [0.3, 0.4) is 0 Å². The fraction of sp³-hybridized carbons (Fsp3) is 0. The number of rotatable bonds is 6. The Balaban J connectivity index is 1.47. The number of carbonyl (C=O) groups is 1. The second-order valence-corrected chi connectivity index (χ2v) is 8.76. The van der Waals surface area contributed by atoms with Crippen LogP contribution in [0, 0.1) is 10.1 Å². The van der Waals surface area contributed by atoms with Crippen LogP contribution < -0.4 is 5.32 Å². The third-order valence-corrected chi connectivity index (χ3v) is 6.51. The van der Waals surface area contributed by atoms with E-state index in [0.717, 1.165) is 32.8 Å². The van der Waals surface area contributed by atoms with Crippen molar-refractivity contribution >= 4 is 28.1 Å². The molecule has 4 aromatic carbocycles. The molecule has 0 unspecified atom stereocenters. The minimum absolute atomic E-state index is 0.0663. The first-order chi connectivity index (χ1) is 17.1. The predicted molar refractivity (Wildman–Crippen MR) is 139 cm³/mol. The van der Waals surface area contributed by atoms with Gasteiger partial charge in [-0.05, 0) is 28.8 Å². The van der Waals surface area contributed by atoms with Crippen LogP contribution in [0.5, 0.6) is 0 Å². The van der Waals surface area contributed by atoms with Crippen molar-refractivity contribution in [1.82, 2.24) is 4.98 Å². The summed E-state index contributed by atoms with van der Waals surface area (Å²) in [6.07, 6.45) is 0. The number of hydrogen-bond acceptors (Lipinski definition) is 5. The van der Waals surface area contributed by atoms with Crippen molar-refractivity contribution in [3.05, 3.63) is 125 Å². The van der Waals surface area contributed by atoms with Gasteiger partial charge >= 0.3 is 0 Å². The second-order valence-electron chi connectivity index (χ2n) is 7.76. The molecule has 0 aliphatic carbocycles. The zero-order valence-corrected chi connectivity index (χ0v) is 19.2. The third kappa shape index (κ3) is 4.85. The number of anilines is 1. The molecule has 35 heavy (non-hydrogen) atoms. The van der Waals surface area contributed by atoms with E-state index in [1.807, 2.05) is 48.5 Å². The summed E-state index contributed by atoms with van der Waals surface area (Å²) < 4.78 is 0. The number of aromatic nitrogens is 1. The Labute approximate surface area is 205 Å². The first kappa shape index (κ1) is 22.2. The van der Waals surface area contributed by atoms with E-state index >= 15 is 0 Å². The van der Waals surface area contributed by atoms with Crippen molar-refractivity contribution in [2.75, 3.05) is 5.32 Å². The van der Waals surface area contributed by atoms with Gasteiger partial charge in [-0.2, -0.15) is 0 Å². The maximum Gasteiger partial charge on any atom is 0.269 e. The van der Waals surface area contributed by atoms with Crippen molar-refractivity contribution < 1.29 is 9.72 Å². The number of thiazole rings is 1. The van der Waals surface area contributed by atoms with Crippen molar-refractivity contribution in [2.24, 2.45) is 0 Å². The first-order valence-corrected chi connectivity index (χ1v) is 11.7. The van der Waals surface area contributed by atoms with Crippen LogP contribution in [-0.4, -0.2) is 15.8 Å². The minimum atomic E-state index is -0.496. The normalized spacial score (nSPS) is 10.6. The van der Waals surface area contributed by atoms with E-state index in [0.29, 0.717) is 10.7 Å². The van der Waals surface area contributed by atoms with Crippen LogP contribution in [0.2, 0.25) is 0 Å². The summed E-state index contributed by atoms with van der Waals surface area (Å²) in [7, 11) is 0. The monoisotopic (exact) mass is 477 g/mol. The van der Waals surface area contributed by atoms with E-state index in [2.05, 4.69) is 41.7 Å². The van der Waals surface area contributed by atoms with Gasteiger partial charge in [-0.15, -0.1) is 0 Å². The fourth-order valence-corrected chi connectivity index (χ4v) is 4.70. The highest BCUT2D eigenvalue weighted by atomic mass is 32.1. The molecule has 0 saturated carbocycles. The Bertz CT molecular complexity index is 1480. The molecule has 1 heterocycles. The van der Waals surface area contributed by atoms with Crippen LogP contribution in [0.4, 0.5) is 10.8 Å². The van der Waals surface area contributed by atoms with Crippen LogP contribution in [0.25, 0.3) is 32.8 Å². The number of carbonyl (C=O) groups excluding carboxylic acids is 1. The van der Waals surface area contributed by atoms with Gasteiger partial charge < -0.3 is 0 Å². The van der Waals surface area contributed by atoms with E-state index in [4.69, 9.17) is 4.98 Å². The molecule has 0 aliphatic rings.